The SMILES string of the molecule is COCCNC(=O)COC(=O)c1ccc(OCC(=O)Nc2cc(Cl)ccc2OC)c(OC)c1. The van der Waals surface area contributed by atoms with E-state index in [0.29, 0.717) is 29.6 Å². The van der Waals surface area contributed by atoms with Crippen molar-refractivity contribution >= 4 is 35.1 Å². The van der Waals surface area contributed by atoms with Crippen LogP contribution in [0, 0.1) is 0 Å². The molecule has 33 heavy (non-hydrogen) atoms. The first-order valence-electron chi connectivity index (χ1n) is 9.75. The number of anilines is 1. The van der Waals surface area contributed by atoms with Gasteiger partial charge in [0, 0.05) is 18.7 Å². The molecule has 0 saturated carbocycles. The maximum Gasteiger partial charge on any atom is 0.338 e. The molecule has 11 heteroatoms. The zero-order valence-electron chi connectivity index (χ0n) is 18.4. The van der Waals surface area contributed by atoms with Gasteiger partial charge in [-0.1, -0.05) is 11.6 Å². The number of rotatable bonds is 12. The summed E-state index contributed by atoms with van der Waals surface area (Å²) in [6, 6.07) is 9.10. The third-order valence-corrected chi connectivity index (χ3v) is 4.39. The van der Waals surface area contributed by atoms with E-state index in [9.17, 15) is 14.4 Å². The summed E-state index contributed by atoms with van der Waals surface area (Å²) in [6.45, 7) is -0.110. The second-order valence-electron chi connectivity index (χ2n) is 6.47. The molecule has 10 nitrogen and oxygen atoms in total. The van der Waals surface area contributed by atoms with Crippen molar-refractivity contribution in [3.8, 4) is 17.2 Å². The van der Waals surface area contributed by atoms with Gasteiger partial charge in [0.25, 0.3) is 11.8 Å². The van der Waals surface area contributed by atoms with Crippen LogP contribution in [0.1, 0.15) is 10.4 Å². The number of nitrogens with one attached hydrogen (secondary N) is 2. The lowest BCUT2D eigenvalue weighted by atomic mass is 10.2. The summed E-state index contributed by atoms with van der Waals surface area (Å²) in [7, 11) is 4.37. The molecule has 2 aromatic rings. The molecule has 0 heterocycles. The first-order chi connectivity index (χ1) is 15.9. The van der Waals surface area contributed by atoms with Crippen LogP contribution in [-0.2, 0) is 19.1 Å². The Kier molecular flexibility index (Phi) is 10.3. The molecule has 178 valence electrons. The van der Waals surface area contributed by atoms with Gasteiger partial charge < -0.3 is 34.3 Å². The largest absolute Gasteiger partial charge is 0.495 e. The molecule has 2 amide bonds. The first-order valence-corrected chi connectivity index (χ1v) is 10.1. The molecule has 0 aromatic heterocycles. The van der Waals surface area contributed by atoms with Gasteiger partial charge in [-0.05, 0) is 36.4 Å². The molecule has 0 unspecified atom stereocenters. The van der Waals surface area contributed by atoms with Crippen molar-refractivity contribution in [3.05, 3.63) is 47.0 Å². The summed E-state index contributed by atoms with van der Waals surface area (Å²) in [6.07, 6.45) is 0. The van der Waals surface area contributed by atoms with E-state index in [4.69, 9.17) is 35.3 Å². The highest BCUT2D eigenvalue weighted by Gasteiger charge is 2.15. The molecular weight excluding hydrogens is 456 g/mol. The van der Waals surface area contributed by atoms with Gasteiger partial charge in [-0.3, -0.25) is 9.59 Å². The Morgan fingerprint density at radius 3 is 2.30 bits per heavy atom. The van der Waals surface area contributed by atoms with Crippen molar-refractivity contribution in [2.24, 2.45) is 0 Å². The summed E-state index contributed by atoms with van der Waals surface area (Å²) in [5, 5.41) is 5.62. The highest BCUT2D eigenvalue weighted by atomic mass is 35.5. The number of carbonyl (C=O) groups excluding carboxylic acids is 3. The summed E-state index contributed by atoms with van der Waals surface area (Å²) < 4.78 is 25.7. The maximum atomic E-state index is 12.3. The Balaban J connectivity index is 1.93. The van der Waals surface area contributed by atoms with Crippen LogP contribution >= 0.6 is 11.6 Å². The van der Waals surface area contributed by atoms with Gasteiger partial charge in [-0.2, -0.15) is 0 Å². The fourth-order valence-electron chi connectivity index (χ4n) is 2.58. The van der Waals surface area contributed by atoms with Gasteiger partial charge >= 0.3 is 5.97 Å². The summed E-state index contributed by atoms with van der Waals surface area (Å²) in [4.78, 5) is 36.1. The zero-order chi connectivity index (χ0) is 24.2. The Hall–Kier alpha value is -3.50. The number of hydrogen-bond donors (Lipinski definition) is 2. The lowest BCUT2D eigenvalue weighted by molar-refractivity contribution is -0.124. The number of carbonyl (C=O) groups is 3. The van der Waals surface area contributed by atoms with Crippen molar-refractivity contribution in [1.29, 1.82) is 0 Å². The van der Waals surface area contributed by atoms with Gasteiger partial charge in [0.2, 0.25) is 0 Å². The highest BCUT2D eigenvalue weighted by Crippen LogP contribution is 2.29. The number of halogens is 1. The molecule has 2 rings (SSSR count). The van der Waals surface area contributed by atoms with Gasteiger partial charge in [0.15, 0.2) is 24.7 Å². The average Bonchev–Trinajstić information content (AvgIpc) is 2.81. The van der Waals surface area contributed by atoms with Crippen molar-refractivity contribution in [3.63, 3.8) is 0 Å². The highest BCUT2D eigenvalue weighted by molar-refractivity contribution is 6.31. The molecule has 0 aliphatic carbocycles. The van der Waals surface area contributed by atoms with Gasteiger partial charge in [-0.15, -0.1) is 0 Å². The van der Waals surface area contributed by atoms with E-state index in [1.807, 2.05) is 0 Å². The van der Waals surface area contributed by atoms with Crippen molar-refractivity contribution in [2.75, 3.05) is 53.0 Å². The van der Waals surface area contributed by atoms with Gasteiger partial charge in [0.05, 0.1) is 32.1 Å². The second kappa shape index (κ2) is 13.1. The molecule has 0 saturated heterocycles. The number of hydrogen-bond acceptors (Lipinski definition) is 8. The van der Waals surface area contributed by atoms with E-state index in [1.54, 1.807) is 18.2 Å². The summed E-state index contributed by atoms with van der Waals surface area (Å²) in [5.74, 6) is -0.731. The van der Waals surface area contributed by atoms with Crippen LogP contribution < -0.4 is 24.8 Å². The third-order valence-electron chi connectivity index (χ3n) is 4.16. The Morgan fingerprint density at radius 2 is 1.61 bits per heavy atom. The van der Waals surface area contributed by atoms with E-state index in [0.717, 1.165) is 0 Å². The minimum Gasteiger partial charge on any atom is -0.495 e. The standard InChI is InChI=1S/C22H25ClN2O8/c1-29-9-8-24-20(26)12-33-22(28)14-4-6-18(19(10-14)31-3)32-13-21(27)25-16-11-15(23)5-7-17(16)30-2/h4-7,10-11H,8-9,12-13H2,1-3H3,(H,24,26)(H,25,27). The van der Waals surface area contributed by atoms with Crippen LogP contribution in [0.5, 0.6) is 17.2 Å². The van der Waals surface area contributed by atoms with Crippen LogP contribution in [0.15, 0.2) is 36.4 Å². The Morgan fingerprint density at radius 1 is 0.879 bits per heavy atom. The van der Waals surface area contributed by atoms with E-state index >= 15 is 0 Å². The molecule has 0 fully saturated rings. The van der Waals surface area contributed by atoms with Crippen LogP contribution in [0.2, 0.25) is 5.02 Å². The minimum atomic E-state index is -0.715. The number of methoxy groups -OCH3 is 3. The predicted molar refractivity (Wildman–Crippen MR) is 120 cm³/mol. The number of esters is 1. The predicted octanol–water partition coefficient (Wildman–Crippen LogP) is 2.29. The molecule has 0 aliphatic heterocycles. The number of amides is 2. The lowest BCUT2D eigenvalue weighted by Gasteiger charge is -2.13. The second-order valence-corrected chi connectivity index (χ2v) is 6.90. The normalized spacial score (nSPS) is 10.2. The van der Waals surface area contributed by atoms with Gasteiger partial charge in [0.1, 0.15) is 5.75 Å². The van der Waals surface area contributed by atoms with E-state index < -0.39 is 24.4 Å². The average molecular weight is 481 g/mol. The summed E-state index contributed by atoms with van der Waals surface area (Å²) >= 11 is 5.96. The topological polar surface area (TPSA) is 121 Å². The number of ether oxygens (including phenoxy) is 5. The van der Waals surface area contributed by atoms with Crippen LogP contribution in [-0.4, -0.2) is 65.5 Å². The smallest absolute Gasteiger partial charge is 0.338 e. The molecule has 0 atom stereocenters. The van der Waals surface area contributed by atoms with Crippen LogP contribution in [0.25, 0.3) is 0 Å². The zero-order valence-corrected chi connectivity index (χ0v) is 19.2. The van der Waals surface area contributed by atoms with Crippen molar-refractivity contribution in [1.82, 2.24) is 5.32 Å². The maximum absolute atomic E-state index is 12.3. The van der Waals surface area contributed by atoms with Crippen LogP contribution in [0.4, 0.5) is 5.69 Å². The van der Waals surface area contributed by atoms with E-state index in [1.165, 1.54) is 39.5 Å². The third kappa shape index (κ3) is 8.17. The molecule has 2 N–H and O–H groups in total. The molecular formula is C22H25ClN2O8. The molecule has 2 aromatic carbocycles. The molecule has 0 spiro atoms. The minimum absolute atomic E-state index is 0.150. The molecule has 0 aliphatic rings. The van der Waals surface area contributed by atoms with E-state index in [2.05, 4.69) is 10.6 Å². The Labute approximate surface area is 196 Å². The van der Waals surface area contributed by atoms with Crippen molar-refractivity contribution < 1.29 is 38.1 Å². The van der Waals surface area contributed by atoms with E-state index in [-0.39, 0.29) is 23.7 Å². The van der Waals surface area contributed by atoms with Gasteiger partial charge in [-0.25, -0.2) is 4.79 Å². The summed E-state index contributed by atoms with van der Waals surface area (Å²) in [5.41, 5.74) is 0.548. The number of benzene rings is 2. The molecule has 0 bridgehead atoms. The Bertz CT molecular complexity index is 983. The molecule has 0 radical (unpaired) electrons. The van der Waals surface area contributed by atoms with Crippen LogP contribution in [0.3, 0.4) is 0 Å². The fourth-order valence-corrected chi connectivity index (χ4v) is 2.75. The van der Waals surface area contributed by atoms with Crippen molar-refractivity contribution in [2.45, 2.75) is 0 Å². The monoisotopic (exact) mass is 480 g/mol. The fraction of sp³-hybridized carbons (Fsp3) is 0.318. The lowest BCUT2D eigenvalue weighted by Crippen LogP contribution is -2.31. The first kappa shape index (κ1) is 25.8. The quantitative estimate of drug-likeness (QED) is 0.350.